The van der Waals surface area contributed by atoms with Crippen LogP contribution in [0.4, 0.5) is 0 Å². The quantitative estimate of drug-likeness (QED) is 0.189. The number of aliphatic carboxylic acids is 1. The van der Waals surface area contributed by atoms with Gasteiger partial charge in [0.2, 0.25) is 0 Å². The van der Waals surface area contributed by atoms with E-state index in [0.717, 1.165) is 16.6 Å². The Balaban J connectivity index is 0.000000300. The number of hydrogen-bond acceptors (Lipinski definition) is 5. The molecule has 3 aromatic rings. The van der Waals surface area contributed by atoms with E-state index in [1.807, 2.05) is 24.3 Å². The number of carbonyl (C=O) groups is 1. The highest BCUT2D eigenvalue weighted by atomic mass is 79.9. The lowest BCUT2D eigenvalue weighted by molar-refractivity contribution is -0.348. The SMILES string of the molecule is NC(=[NH2+])c1ccc2nc(-c3cccc(Br)c3O)[nH]c2c1.O=C(O)C/C=C(/[O-])O. The number of aliphatic hydroxyl groups is 1. The number of H-pyrrole nitrogens is 1. The van der Waals surface area contributed by atoms with Gasteiger partial charge in [-0.05, 0) is 46.3 Å². The Morgan fingerprint density at radius 3 is 2.61 bits per heavy atom. The van der Waals surface area contributed by atoms with Gasteiger partial charge < -0.3 is 25.4 Å². The molecule has 0 aliphatic heterocycles. The minimum atomic E-state index is -1.20. The van der Waals surface area contributed by atoms with Crippen LogP contribution < -0.4 is 16.2 Å². The summed E-state index contributed by atoms with van der Waals surface area (Å²) in [6.45, 7) is 0. The lowest BCUT2D eigenvalue weighted by atomic mass is 10.2. The number of phenols is 1. The number of phenolic OH excluding ortho intramolecular Hbond substituents is 1. The molecule has 0 atom stereocenters. The Kier molecular flexibility index (Phi) is 6.61. The average Bonchev–Trinajstić information content (AvgIpc) is 3.05. The van der Waals surface area contributed by atoms with Gasteiger partial charge in [0.25, 0.3) is 5.84 Å². The summed E-state index contributed by atoms with van der Waals surface area (Å²) in [5.41, 5.74) is 8.54. The fourth-order valence-electron chi connectivity index (χ4n) is 2.20. The second-order valence-corrected chi connectivity index (χ2v) is 6.40. The standard InChI is InChI=1S/C14H11BrN4O.C4H6O4/c15-9-3-1-2-8(12(9)20)14-18-10-5-4-7(13(16)17)6-11(10)19-14;5-3(6)1-2-4(7)8/h1-6,20H,(H3,16,17)(H,18,19);1,5-6H,2H2,(H,7,8). The van der Waals surface area contributed by atoms with Gasteiger partial charge in [-0.15, -0.1) is 0 Å². The number of aliphatic hydroxyl groups excluding tert-OH is 1. The maximum atomic E-state index is 10.1. The van der Waals surface area contributed by atoms with Crippen molar-refractivity contribution in [1.29, 1.82) is 0 Å². The number of carboxylic acid groups (broad SMARTS) is 1. The number of aromatic nitrogens is 2. The maximum absolute atomic E-state index is 10.1. The highest BCUT2D eigenvalue weighted by Crippen LogP contribution is 2.34. The van der Waals surface area contributed by atoms with Gasteiger partial charge in [-0.25, -0.2) is 4.98 Å². The van der Waals surface area contributed by atoms with Crippen LogP contribution >= 0.6 is 15.9 Å². The third-order valence-corrected chi connectivity index (χ3v) is 4.15. The van der Waals surface area contributed by atoms with E-state index in [9.17, 15) is 15.0 Å². The lowest BCUT2D eigenvalue weighted by Crippen LogP contribution is -2.46. The number of nitrogens with one attached hydrogen (secondary N) is 1. The molecule has 1 heterocycles. The molecule has 146 valence electrons. The number of aromatic hydroxyl groups is 1. The van der Waals surface area contributed by atoms with Crippen LogP contribution in [0.5, 0.6) is 5.75 Å². The van der Waals surface area contributed by atoms with Crippen molar-refractivity contribution in [2.45, 2.75) is 6.42 Å². The molecule has 3 rings (SSSR count). The molecule has 2 aromatic carbocycles. The van der Waals surface area contributed by atoms with E-state index in [4.69, 9.17) is 21.4 Å². The van der Waals surface area contributed by atoms with Crippen LogP contribution in [0.25, 0.3) is 22.4 Å². The van der Waals surface area contributed by atoms with Crippen LogP contribution in [0.15, 0.2) is 52.9 Å². The number of para-hydroxylation sites is 1. The van der Waals surface area contributed by atoms with Crippen LogP contribution in [0.3, 0.4) is 0 Å². The highest BCUT2D eigenvalue weighted by Gasteiger charge is 2.12. The molecule has 0 unspecified atom stereocenters. The normalized spacial score (nSPS) is 11.0. The number of hydrogen-bond donors (Lipinski definition) is 6. The predicted molar refractivity (Wildman–Crippen MR) is 104 cm³/mol. The van der Waals surface area contributed by atoms with E-state index in [1.54, 1.807) is 12.1 Å². The summed E-state index contributed by atoms with van der Waals surface area (Å²) in [5, 5.41) is 40.9. The van der Waals surface area contributed by atoms with Crippen LogP contribution in [0.2, 0.25) is 0 Å². The molecule has 0 saturated carbocycles. The topological polar surface area (TPSA) is 181 Å². The Labute approximate surface area is 167 Å². The smallest absolute Gasteiger partial charge is 0.307 e. The van der Waals surface area contributed by atoms with Gasteiger partial charge in [0.15, 0.2) is 0 Å². The Morgan fingerprint density at radius 2 is 2.04 bits per heavy atom. The molecule has 0 saturated heterocycles. The van der Waals surface area contributed by atoms with E-state index in [-0.39, 0.29) is 11.6 Å². The number of nitrogens with zero attached hydrogens (tertiary/aromatic N) is 1. The molecule has 0 amide bonds. The number of aromatic amines is 1. The van der Waals surface area contributed by atoms with E-state index in [2.05, 4.69) is 25.9 Å². The molecule has 9 nitrogen and oxygen atoms in total. The van der Waals surface area contributed by atoms with Crippen molar-refractivity contribution in [1.82, 2.24) is 9.97 Å². The summed E-state index contributed by atoms with van der Waals surface area (Å²) in [6, 6.07) is 10.9. The van der Waals surface area contributed by atoms with Gasteiger partial charge in [-0.2, -0.15) is 0 Å². The van der Waals surface area contributed by atoms with Crippen LogP contribution in [-0.2, 0) is 4.79 Å². The van der Waals surface area contributed by atoms with Crippen molar-refractivity contribution in [3.63, 3.8) is 0 Å². The molecule has 1 aromatic heterocycles. The molecule has 0 bridgehead atoms. The lowest BCUT2D eigenvalue weighted by Gasteiger charge is -2.02. The summed E-state index contributed by atoms with van der Waals surface area (Å²) >= 11 is 3.29. The molecule has 0 radical (unpaired) electrons. The van der Waals surface area contributed by atoms with Gasteiger partial charge in [0.1, 0.15) is 11.6 Å². The monoisotopic (exact) mass is 448 g/mol. The Hall–Kier alpha value is -3.53. The van der Waals surface area contributed by atoms with Crippen molar-refractivity contribution >= 4 is 38.8 Å². The first kappa shape index (κ1) is 20.8. The molecular weight excluding hydrogens is 432 g/mol. The fourth-order valence-corrected chi connectivity index (χ4v) is 2.56. The zero-order chi connectivity index (χ0) is 20.8. The van der Waals surface area contributed by atoms with Gasteiger partial charge in [0.05, 0.1) is 33.1 Å². The summed E-state index contributed by atoms with van der Waals surface area (Å²) in [4.78, 5) is 17.2. The molecule has 0 aliphatic rings. The van der Waals surface area contributed by atoms with Gasteiger partial charge in [0, 0.05) is 5.95 Å². The minimum absolute atomic E-state index is 0.150. The fraction of sp³-hybridized carbons (Fsp3) is 0.0556. The number of rotatable bonds is 4. The first-order valence-corrected chi connectivity index (χ1v) is 8.62. The number of benzene rings is 2. The van der Waals surface area contributed by atoms with Crippen LogP contribution in [0.1, 0.15) is 12.0 Å². The predicted octanol–water partition coefficient (Wildman–Crippen LogP) is 0.383. The van der Waals surface area contributed by atoms with Crippen molar-refractivity contribution in [3.05, 3.63) is 58.5 Å². The third kappa shape index (κ3) is 5.24. The van der Waals surface area contributed by atoms with Crippen LogP contribution in [0, 0.1) is 0 Å². The van der Waals surface area contributed by atoms with E-state index in [0.29, 0.717) is 21.9 Å². The molecule has 0 spiro atoms. The van der Waals surface area contributed by atoms with E-state index < -0.39 is 18.3 Å². The largest absolute Gasteiger partial charge is 0.629 e. The number of carboxylic acids is 1. The summed E-state index contributed by atoms with van der Waals surface area (Å²) in [6.07, 6.45) is 0.262. The van der Waals surface area contributed by atoms with Crippen molar-refractivity contribution in [2.75, 3.05) is 0 Å². The van der Waals surface area contributed by atoms with E-state index >= 15 is 0 Å². The van der Waals surface area contributed by atoms with Crippen molar-refractivity contribution in [3.8, 4) is 17.1 Å². The molecule has 10 heteroatoms. The van der Waals surface area contributed by atoms with Crippen LogP contribution in [-0.4, -0.2) is 37.1 Å². The average molecular weight is 449 g/mol. The molecule has 0 fully saturated rings. The second kappa shape index (κ2) is 8.91. The minimum Gasteiger partial charge on any atom is -0.629 e. The highest BCUT2D eigenvalue weighted by molar-refractivity contribution is 9.10. The van der Waals surface area contributed by atoms with Crippen molar-refractivity contribution < 1.29 is 30.6 Å². The van der Waals surface area contributed by atoms with Gasteiger partial charge in [-0.1, -0.05) is 12.1 Å². The zero-order valence-corrected chi connectivity index (χ0v) is 16.0. The second-order valence-electron chi connectivity index (χ2n) is 5.55. The third-order valence-electron chi connectivity index (χ3n) is 3.51. The van der Waals surface area contributed by atoms with Gasteiger partial charge >= 0.3 is 5.97 Å². The number of amidine groups is 1. The van der Waals surface area contributed by atoms with Crippen molar-refractivity contribution in [2.24, 2.45) is 5.73 Å². The molecule has 28 heavy (non-hydrogen) atoms. The maximum Gasteiger partial charge on any atom is 0.307 e. The first-order chi connectivity index (χ1) is 13.2. The van der Waals surface area contributed by atoms with Gasteiger partial charge in [-0.3, -0.25) is 15.9 Å². The zero-order valence-electron chi connectivity index (χ0n) is 14.4. The Bertz CT molecular complexity index is 1060. The molecular formula is C18H17BrN4O5. The summed E-state index contributed by atoms with van der Waals surface area (Å²) in [5.74, 6) is -1.34. The first-order valence-electron chi connectivity index (χ1n) is 7.83. The summed E-state index contributed by atoms with van der Waals surface area (Å²) < 4.78 is 0.621. The van der Waals surface area contributed by atoms with E-state index in [1.165, 1.54) is 0 Å². The summed E-state index contributed by atoms with van der Waals surface area (Å²) in [7, 11) is 0. The number of halogens is 1. The number of fused-ring (bicyclic) bond motifs is 1. The number of imidazole rings is 1. The molecule has 8 N–H and O–H groups in total. The number of nitrogens with two attached hydrogens (primary N) is 2. The Morgan fingerprint density at radius 1 is 1.32 bits per heavy atom. The molecule has 0 aliphatic carbocycles.